The van der Waals surface area contributed by atoms with Gasteiger partial charge in [-0.3, -0.25) is 4.98 Å². The van der Waals surface area contributed by atoms with Crippen molar-refractivity contribution in [3.63, 3.8) is 0 Å². The Balaban J connectivity index is 2.51. The molecule has 4 heteroatoms. The van der Waals surface area contributed by atoms with Crippen LogP contribution in [-0.2, 0) is 0 Å². The first-order valence-corrected chi connectivity index (χ1v) is 4.71. The molecule has 0 saturated heterocycles. The molecule has 0 aliphatic rings. The molecule has 0 radical (unpaired) electrons. The van der Waals surface area contributed by atoms with Gasteiger partial charge in [0, 0.05) is 12.4 Å². The molecular weight excluding hydrogens is 180 g/mol. The highest BCUT2D eigenvalue weighted by Gasteiger charge is 2.03. The van der Waals surface area contributed by atoms with Crippen LogP contribution in [-0.4, -0.2) is 14.7 Å². The molecular formula is C7H9ClN2S. The maximum Gasteiger partial charge on any atom is 0.116 e. The number of nitrogens with zero attached hydrogens (tertiary/aromatic N) is 2. The van der Waals surface area contributed by atoms with Gasteiger partial charge in [0.05, 0.1) is 10.9 Å². The van der Waals surface area contributed by atoms with Gasteiger partial charge in [0.15, 0.2) is 0 Å². The number of rotatable bonds is 3. The van der Waals surface area contributed by atoms with E-state index < -0.39 is 0 Å². The number of alkyl halides is 1. The fourth-order valence-corrected chi connectivity index (χ4v) is 1.51. The van der Waals surface area contributed by atoms with E-state index in [1.807, 2.05) is 6.92 Å². The number of hydrogen-bond donors (Lipinski definition) is 0. The molecule has 11 heavy (non-hydrogen) atoms. The predicted octanol–water partition coefficient (Wildman–Crippen LogP) is 2.54. The Morgan fingerprint density at radius 3 is 3.00 bits per heavy atom. The lowest BCUT2D eigenvalue weighted by molar-refractivity contribution is 1.02. The summed E-state index contributed by atoms with van der Waals surface area (Å²) in [7, 11) is 0. The summed E-state index contributed by atoms with van der Waals surface area (Å²) in [4.78, 5) is 8.01. The summed E-state index contributed by atoms with van der Waals surface area (Å²) in [5, 5.41) is 0.884. The van der Waals surface area contributed by atoms with Gasteiger partial charge in [-0.25, -0.2) is 4.98 Å². The minimum Gasteiger partial charge on any atom is -0.260 e. The van der Waals surface area contributed by atoms with Crippen LogP contribution in [0.4, 0.5) is 0 Å². The molecule has 0 amide bonds. The Hall–Kier alpha value is -0.280. The summed E-state index contributed by atoms with van der Waals surface area (Å²) in [6.45, 7) is 2.04. The van der Waals surface area contributed by atoms with E-state index in [1.54, 1.807) is 18.6 Å². The molecule has 1 rings (SSSR count). The zero-order chi connectivity index (χ0) is 8.10. The standard InChI is InChI=1S/C7H9ClN2S/c1-2-6(8)11-7-5-9-3-4-10-7/h3-6H,2H2,1H3. The van der Waals surface area contributed by atoms with Gasteiger partial charge in [0.2, 0.25) is 0 Å². The minimum atomic E-state index is 0.103. The first kappa shape index (κ1) is 8.81. The third-order valence-electron chi connectivity index (χ3n) is 1.11. The Kier molecular flexibility index (Phi) is 3.66. The molecule has 0 saturated carbocycles. The minimum absolute atomic E-state index is 0.103. The summed E-state index contributed by atoms with van der Waals surface area (Å²) in [5.74, 6) is 0. The quantitative estimate of drug-likeness (QED) is 0.539. The average molecular weight is 189 g/mol. The fourth-order valence-electron chi connectivity index (χ4n) is 0.561. The average Bonchev–Trinajstić information content (AvgIpc) is 2.06. The van der Waals surface area contributed by atoms with Gasteiger partial charge in [0.25, 0.3) is 0 Å². The normalized spacial score (nSPS) is 12.9. The largest absolute Gasteiger partial charge is 0.260 e. The maximum atomic E-state index is 5.89. The van der Waals surface area contributed by atoms with Crippen LogP contribution in [0, 0.1) is 0 Å². The van der Waals surface area contributed by atoms with E-state index in [-0.39, 0.29) is 4.71 Å². The summed E-state index contributed by atoms with van der Waals surface area (Å²) >= 11 is 7.43. The van der Waals surface area contributed by atoms with Crippen LogP contribution >= 0.6 is 23.4 Å². The molecule has 60 valence electrons. The smallest absolute Gasteiger partial charge is 0.116 e. The molecule has 1 aromatic rings. The number of thioether (sulfide) groups is 1. The van der Waals surface area contributed by atoms with Crippen LogP contribution in [0.2, 0.25) is 0 Å². The van der Waals surface area contributed by atoms with E-state index in [0.717, 1.165) is 11.4 Å². The van der Waals surface area contributed by atoms with Crippen molar-refractivity contribution in [2.24, 2.45) is 0 Å². The molecule has 1 unspecified atom stereocenters. The molecule has 0 bridgehead atoms. The molecule has 0 aliphatic heterocycles. The molecule has 0 spiro atoms. The highest BCUT2D eigenvalue weighted by molar-refractivity contribution is 8.01. The van der Waals surface area contributed by atoms with E-state index in [1.165, 1.54) is 11.8 Å². The summed E-state index contributed by atoms with van der Waals surface area (Å²) in [6, 6.07) is 0. The van der Waals surface area contributed by atoms with Crippen LogP contribution in [0.1, 0.15) is 13.3 Å². The topological polar surface area (TPSA) is 25.8 Å². The third-order valence-corrected chi connectivity index (χ3v) is 2.73. The van der Waals surface area contributed by atoms with Crippen LogP contribution in [0.5, 0.6) is 0 Å². The Bertz CT molecular complexity index is 205. The summed E-state index contributed by atoms with van der Waals surface area (Å²) in [5.41, 5.74) is 0. The second-order valence-electron chi connectivity index (χ2n) is 1.98. The number of hydrogen-bond acceptors (Lipinski definition) is 3. The molecule has 0 N–H and O–H groups in total. The monoisotopic (exact) mass is 188 g/mol. The van der Waals surface area contributed by atoms with Crippen molar-refractivity contribution in [1.82, 2.24) is 9.97 Å². The van der Waals surface area contributed by atoms with Crippen molar-refractivity contribution in [2.75, 3.05) is 0 Å². The highest BCUT2D eigenvalue weighted by Crippen LogP contribution is 2.24. The van der Waals surface area contributed by atoms with E-state index in [2.05, 4.69) is 9.97 Å². The van der Waals surface area contributed by atoms with Crippen molar-refractivity contribution < 1.29 is 0 Å². The Labute approximate surface area is 75.4 Å². The van der Waals surface area contributed by atoms with Gasteiger partial charge in [-0.2, -0.15) is 0 Å². The van der Waals surface area contributed by atoms with Crippen molar-refractivity contribution in [3.8, 4) is 0 Å². The molecule has 0 aliphatic carbocycles. The lowest BCUT2D eigenvalue weighted by Crippen LogP contribution is -1.89. The lowest BCUT2D eigenvalue weighted by Gasteiger charge is -2.02. The molecule has 2 nitrogen and oxygen atoms in total. The number of aromatic nitrogens is 2. The SMILES string of the molecule is CCC(Cl)Sc1cnccn1. The van der Waals surface area contributed by atoms with Crippen molar-refractivity contribution in [2.45, 2.75) is 23.1 Å². The first-order chi connectivity index (χ1) is 5.33. The fraction of sp³-hybridized carbons (Fsp3) is 0.429. The van der Waals surface area contributed by atoms with Gasteiger partial charge in [-0.1, -0.05) is 18.7 Å². The predicted molar refractivity (Wildman–Crippen MR) is 47.8 cm³/mol. The zero-order valence-corrected chi connectivity index (χ0v) is 7.77. The second kappa shape index (κ2) is 4.57. The van der Waals surface area contributed by atoms with Crippen molar-refractivity contribution in [1.29, 1.82) is 0 Å². The van der Waals surface area contributed by atoms with Crippen LogP contribution in [0.3, 0.4) is 0 Å². The van der Waals surface area contributed by atoms with Gasteiger partial charge in [-0.15, -0.1) is 11.6 Å². The molecule has 0 aromatic carbocycles. The van der Waals surface area contributed by atoms with E-state index in [0.29, 0.717) is 0 Å². The summed E-state index contributed by atoms with van der Waals surface area (Å²) in [6.07, 6.45) is 5.97. The molecule has 1 atom stereocenters. The van der Waals surface area contributed by atoms with E-state index in [9.17, 15) is 0 Å². The van der Waals surface area contributed by atoms with Crippen LogP contribution < -0.4 is 0 Å². The van der Waals surface area contributed by atoms with Gasteiger partial charge in [-0.05, 0) is 6.42 Å². The molecule has 0 fully saturated rings. The molecule has 1 aromatic heterocycles. The Morgan fingerprint density at radius 1 is 1.64 bits per heavy atom. The third kappa shape index (κ3) is 3.08. The van der Waals surface area contributed by atoms with Gasteiger partial charge >= 0.3 is 0 Å². The van der Waals surface area contributed by atoms with Crippen molar-refractivity contribution in [3.05, 3.63) is 18.6 Å². The highest BCUT2D eigenvalue weighted by atomic mass is 35.5. The van der Waals surface area contributed by atoms with Crippen LogP contribution in [0.25, 0.3) is 0 Å². The maximum absolute atomic E-state index is 5.89. The van der Waals surface area contributed by atoms with Gasteiger partial charge in [0.1, 0.15) is 5.03 Å². The number of halogens is 1. The second-order valence-corrected chi connectivity index (χ2v) is 3.99. The zero-order valence-electron chi connectivity index (χ0n) is 6.20. The van der Waals surface area contributed by atoms with E-state index in [4.69, 9.17) is 11.6 Å². The van der Waals surface area contributed by atoms with Crippen molar-refractivity contribution >= 4 is 23.4 Å². The lowest BCUT2D eigenvalue weighted by atomic mass is 10.6. The molecule has 1 heterocycles. The van der Waals surface area contributed by atoms with Crippen LogP contribution in [0.15, 0.2) is 23.6 Å². The summed E-state index contributed by atoms with van der Waals surface area (Å²) < 4.78 is 0.103. The van der Waals surface area contributed by atoms with Gasteiger partial charge < -0.3 is 0 Å². The Morgan fingerprint density at radius 2 is 2.45 bits per heavy atom. The first-order valence-electron chi connectivity index (χ1n) is 3.39. The van der Waals surface area contributed by atoms with E-state index >= 15 is 0 Å².